The van der Waals surface area contributed by atoms with Crippen molar-refractivity contribution < 1.29 is 9.53 Å². The second-order valence-electron chi connectivity index (χ2n) is 5.64. The van der Waals surface area contributed by atoms with Crippen LogP contribution in [-0.2, 0) is 10.3 Å². The van der Waals surface area contributed by atoms with Crippen molar-refractivity contribution in [2.75, 3.05) is 11.5 Å². The van der Waals surface area contributed by atoms with Crippen LogP contribution < -0.4 is 9.64 Å². The van der Waals surface area contributed by atoms with Crippen LogP contribution in [0.3, 0.4) is 0 Å². The molecular weight excluding hydrogens is 346 g/mol. The van der Waals surface area contributed by atoms with Gasteiger partial charge in [0.05, 0.1) is 17.0 Å². The number of nitrogens with zero attached hydrogens (tertiary/aromatic N) is 1. The van der Waals surface area contributed by atoms with E-state index < -0.39 is 5.54 Å². The predicted molar refractivity (Wildman–Crippen MR) is 100 cm³/mol. The molecule has 1 aliphatic rings. The van der Waals surface area contributed by atoms with Crippen LogP contribution in [0.5, 0.6) is 5.75 Å². The van der Waals surface area contributed by atoms with Gasteiger partial charge in [-0.3, -0.25) is 9.69 Å². The molecule has 0 unspecified atom stereocenters. The van der Waals surface area contributed by atoms with Gasteiger partial charge in [-0.1, -0.05) is 42.3 Å². The highest BCUT2D eigenvalue weighted by atomic mass is 32.2. The maximum atomic E-state index is 12.5. The number of amides is 1. The van der Waals surface area contributed by atoms with Crippen LogP contribution in [0, 0.1) is 3.14 Å². The Labute approximate surface area is 148 Å². The molecule has 0 spiro atoms. The van der Waals surface area contributed by atoms with Gasteiger partial charge < -0.3 is 4.74 Å². The first kappa shape index (κ1) is 16.4. The van der Waals surface area contributed by atoms with E-state index in [9.17, 15) is 4.79 Å². The van der Waals surface area contributed by atoms with E-state index in [0.29, 0.717) is 6.61 Å². The second kappa shape index (κ2) is 5.85. The molecule has 0 saturated heterocycles. The van der Waals surface area contributed by atoms with E-state index in [1.807, 2.05) is 32.9 Å². The molecule has 1 aliphatic heterocycles. The lowest BCUT2D eigenvalue weighted by molar-refractivity contribution is -0.115. The molecule has 1 aromatic heterocycles. The Bertz CT molecular complexity index is 848. The molecule has 1 amide bonds. The Hall–Kier alpha value is -1.50. The minimum atomic E-state index is -0.500. The zero-order valence-electron chi connectivity index (χ0n) is 13.2. The zero-order chi connectivity index (χ0) is 16.8. The molecule has 3 rings (SSSR count). The molecule has 0 radical (unpaired) electrons. The lowest BCUT2D eigenvalue weighted by Crippen LogP contribution is -2.47. The van der Waals surface area contributed by atoms with Crippen molar-refractivity contribution in [1.29, 1.82) is 0 Å². The fourth-order valence-corrected chi connectivity index (χ4v) is 5.78. The van der Waals surface area contributed by atoms with Crippen molar-refractivity contribution in [3.8, 4) is 16.2 Å². The van der Waals surface area contributed by atoms with E-state index in [4.69, 9.17) is 17.0 Å². The van der Waals surface area contributed by atoms with Gasteiger partial charge in [-0.25, -0.2) is 0 Å². The average Bonchev–Trinajstić information content (AvgIpc) is 2.88. The fourth-order valence-electron chi connectivity index (χ4n) is 2.97. The first-order valence-corrected chi connectivity index (χ1v) is 9.33. The maximum Gasteiger partial charge on any atom is 0.251 e. The molecule has 120 valence electrons. The lowest BCUT2D eigenvalue weighted by Gasteiger charge is -2.42. The van der Waals surface area contributed by atoms with E-state index in [1.54, 1.807) is 4.90 Å². The number of ether oxygens (including phenoxy) is 1. The molecule has 2 aromatic rings. The predicted octanol–water partition coefficient (Wildman–Crippen LogP) is 5.37. The molecular formula is C17H17NO2S3. The summed E-state index contributed by atoms with van der Waals surface area (Å²) in [7, 11) is 0. The van der Waals surface area contributed by atoms with Crippen molar-refractivity contribution in [3.05, 3.63) is 39.6 Å². The summed E-state index contributed by atoms with van der Waals surface area (Å²) in [6.07, 6.45) is 1.36. The molecule has 23 heavy (non-hydrogen) atoms. The molecule has 6 heteroatoms. The number of carbonyl (C=O) groups excluding carboxylic acids is 1. The van der Waals surface area contributed by atoms with Crippen LogP contribution in [0.25, 0.3) is 10.4 Å². The minimum absolute atomic E-state index is 0.118. The second-order valence-corrected chi connectivity index (χ2v) is 8.84. The summed E-state index contributed by atoms with van der Waals surface area (Å²) in [4.78, 5) is 15.3. The Morgan fingerprint density at radius 2 is 2.17 bits per heavy atom. The molecule has 0 N–H and O–H groups in total. The number of fused-ring (bicyclic) bond motifs is 3. The quantitative estimate of drug-likeness (QED) is 0.542. The van der Waals surface area contributed by atoms with Crippen molar-refractivity contribution >= 4 is 45.8 Å². The number of anilines is 1. The van der Waals surface area contributed by atoms with Gasteiger partial charge in [0.1, 0.15) is 13.9 Å². The van der Waals surface area contributed by atoms with E-state index >= 15 is 0 Å². The van der Waals surface area contributed by atoms with Crippen LogP contribution in [0.1, 0.15) is 26.3 Å². The molecule has 2 heterocycles. The standard InChI is InChI=1S/C17H17NO2S3/c1-5-12(19)18-15-14(22-16(21)23-15)13-10(17(18,3)4)8-7-9-11(13)20-6-2/h5,7-9H,1,6H2,2-4H3. The fraction of sp³-hybridized carbons (Fsp3) is 0.294. The molecule has 0 saturated carbocycles. The van der Waals surface area contributed by atoms with Crippen LogP contribution in [0.2, 0.25) is 0 Å². The van der Waals surface area contributed by atoms with E-state index in [1.165, 1.54) is 28.7 Å². The van der Waals surface area contributed by atoms with Gasteiger partial charge in [0, 0.05) is 5.56 Å². The largest absolute Gasteiger partial charge is 0.493 e. The van der Waals surface area contributed by atoms with Gasteiger partial charge in [-0.05, 0) is 38.5 Å². The SMILES string of the molecule is C=CC(=O)N1c2sc(=S)sc2-c2c(OCC)cccc2C1(C)C. The monoisotopic (exact) mass is 363 g/mol. The Morgan fingerprint density at radius 3 is 2.83 bits per heavy atom. The zero-order valence-corrected chi connectivity index (χ0v) is 15.7. The van der Waals surface area contributed by atoms with E-state index in [2.05, 4.69) is 12.6 Å². The summed E-state index contributed by atoms with van der Waals surface area (Å²) in [5.74, 6) is 0.724. The summed E-state index contributed by atoms with van der Waals surface area (Å²) in [6, 6.07) is 6.00. The highest BCUT2D eigenvalue weighted by molar-refractivity contribution is 7.76. The number of carbonyl (C=O) groups is 1. The summed E-state index contributed by atoms with van der Waals surface area (Å²) in [5.41, 5.74) is 1.62. The van der Waals surface area contributed by atoms with Crippen molar-refractivity contribution in [2.24, 2.45) is 0 Å². The first-order chi connectivity index (χ1) is 10.9. The van der Waals surface area contributed by atoms with Gasteiger partial charge >= 0.3 is 0 Å². The van der Waals surface area contributed by atoms with E-state index in [-0.39, 0.29) is 5.91 Å². The number of hydrogen-bond acceptors (Lipinski definition) is 5. The number of benzene rings is 1. The van der Waals surface area contributed by atoms with Gasteiger partial charge in [-0.2, -0.15) is 0 Å². The van der Waals surface area contributed by atoms with Crippen LogP contribution >= 0.6 is 34.9 Å². The summed E-state index contributed by atoms with van der Waals surface area (Å²) < 4.78 is 6.64. The highest BCUT2D eigenvalue weighted by Crippen LogP contribution is 2.55. The molecule has 0 aliphatic carbocycles. The maximum absolute atomic E-state index is 12.5. The third kappa shape index (κ3) is 2.45. The Balaban J connectivity index is 2.37. The molecule has 1 aromatic carbocycles. The van der Waals surface area contributed by atoms with E-state index in [0.717, 1.165) is 29.9 Å². The Morgan fingerprint density at radius 1 is 1.43 bits per heavy atom. The minimum Gasteiger partial charge on any atom is -0.493 e. The van der Waals surface area contributed by atoms with Crippen molar-refractivity contribution in [1.82, 2.24) is 0 Å². The van der Waals surface area contributed by atoms with Gasteiger partial charge in [-0.15, -0.1) is 11.3 Å². The first-order valence-electron chi connectivity index (χ1n) is 7.29. The summed E-state index contributed by atoms with van der Waals surface area (Å²) >= 11 is 8.40. The van der Waals surface area contributed by atoms with Gasteiger partial charge in [0.15, 0.2) is 0 Å². The smallest absolute Gasteiger partial charge is 0.251 e. The molecule has 0 atom stereocenters. The van der Waals surface area contributed by atoms with Crippen LogP contribution in [-0.4, -0.2) is 12.5 Å². The number of rotatable bonds is 3. The third-order valence-electron chi connectivity index (χ3n) is 3.93. The van der Waals surface area contributed by atoms with Gasteiger partial charge in [0.25, 0.3) is 5.91 Å². The van der Waals surface area contributed by atoms with Crippen LogP contribution in [0.4, 0.5) is 5.00 Å². The topological polar surface area (TPSA) is 29.5 Å². The third-order valence-corrected chi connectivity index (χ3v) is 6.57. The van der Waals surface area contributed by atoms with Crippen molar-refractivity contribution in [2.45, 2.75) is 26.3 Å². The molecule has 3 nitrogen and oxygen atoms in total. The highest BCUT2D eigenvalue weighted by Gasteiger charge is 2.42. The normalized spacial score (nSPS) is 14.8. The molecule has 0 bridgehead atoms. The van der Waals surface area contributed by atoms with Crippen LogP contribution in [0.15, 0.2) is 30.9 Å². The van der Waals surface area contributed by atoms with Crippen molar-refractivity contribution in [3.63, 3.8) is 0 Å². The number of hydrogen-bond donors (Lipinski definition) is 0. The molecule has 0 fully saturated rings. The van der Waals surface area contributed by atoms with Gasteiger partial charge in [0.2, 0.25) is 0 Å². The Kier molecular flexibility index (Phi) is 4.16. The lowest BCUT2D eigenvalue weighted by atomic mass is 9.84. The average molecular weight is 364 g/mol. The summed E-state index contributed by atoms with van der Waals surface area (Å²) in [6.45, 7) is 10.3. The summed E-state index contributed by atoms with van der Waals surface area (Å²) in [5, 5.41) is 0.884.